The van der Waals surface area contributed by atoms with Crippen molar-refractivity contribution in [3.63, 3.8) is 0 Å². The van der Waals surface area contributed by atoms with Gasteiger partial charge in [-0.2, -0.15) is 10.5 Å². The smallest absolute Gasteiger partial charge is 0.0988 e. The van der Waals surface area contributed by atoms with E-state index >= 15 is 0 Å². The molecule has 0 unspecified atom stereocenters. The lowest BCUT2D eigenvalue weighted by Crippen LogP contribution is -1.72. The third kappa shape index (κ3) is 3.39. The molecule has 0 aliphatic rings. The van der Waals surface area contributed by atoms with Gasteiger partial charge in [-0.3, -0.25) is 0 Å². The molecule has 0 aromatic rings. The van der Waals surface area contributed by atoms with Gasteiger partial charge in [0.05, 0.1) is 12.1 Å². The van der Waals surface area contributed by atoms with Gasteiger partial charge in [0, 0.05) is 11.1 Å². The molecule has 0 bridgehead atoms. The predicted octanol–water partition coefficient (Wildman–Crippen LogP) is 2.48. The standard InChI is InChI=1S/C10H10N2/c1-3-9(7-11)5-6-10(4-2)8-12/h3-6H,1-2H3/b6-5-,9-3+,10-4+. The molecule has 0 aliphatic heterocycles. The van der Waals surface area contributed by atoms with Crippen LogP contribution in [-0.2, 0) is 0 Å². The van der Waals surface area contributed by atoms with Crippen molar-refractivity contribution in [1.29, 1.82) is 10.5 Å². The third-order valence-electron chi connectivity index (χ3n) is 1.32. The maximum absolute atomic E-state index is 8.51. The van der Waals surface area contributed by atoms with Crippen molar-refractivity contribution in [2.45, 2.75) is 13.8 Å². The first-order valence-electron chi connectivity index (χ1n) is 3.59. The average Bonchev–Trinajstić information content (AvgIpc) is 2.13. The molecular formula is C10H10N2. The van der Waals surface area contributed by atoms with E-state index in [0.717, 1.165) is 0 Å². The highest BCUT2D eigenvalue weighted by atomic mass is 14.2. The Morgan fingerprint density at radius 2 is 1.25 bits per heavy atom. The number of rotatable bonds is 2. The van der Waals surface area contributed by atoms with E-state index in [2.05, 4.69) is 0 Å². The Bertz CT molecular complexity index is 274. The highest BCUT2D eigenvalue weighted by Gasteiger charge is 1.87. The zero-order valence-electron chi connectivity index (χ0n) is 7.20. The van der Waals surface area contributed by atoms with E-state index in [0.29, 0.717) is 11.1 Å². The molecule has 2 nitrogen and oxygen atoms in total. The van der Waals surface area contributed by atoms with Gasteiger partial charge in [0.25, 0.3) is 0 Å². The summed E-state index contributed by atoms with van der Waals surface area (Å²) >= 11 is 0. The molecule has 0 saturated carbocycles. The fourth-order valence-corrected chi connectivity index (χ4v) is 0.576. The number of allylic oxidation sites excluding steroid dienone is 6. The van der Waals surface area contributed by atoms with Gasteiger partial charge in [-0.25, -0.2) is 0 Å². The van der Waals surface area contributed by atoms with Gasteiger partial charge in [-0.1, -0.05) is 12.2 Å². The summed E-state index contributed by atoms with van der Waals surface area (Å²) in [5.41, 5.74) is 1.12. The fourth-order valence-electron chi connectivity index (χ4n) is 0.576. The van der Waals surface area contributed by atoms with Gasteiger partial charge in [-0.05, 0) is 26.0 Å². The zero-order chi connectivity index (χ0) is 9.40. The molecule has 60 valence electrons. The van der Waals surface area contributed by atoms with Crippen molar-refractivity contribution in [3.8, 4) is 12.1 Å². The van der Waals surface area contributed by atoms with Gasteiger partial charge in [-0.15, -0.1) is 0 Å². The van der Waals surface area contributed by atoms with Crippen LogP contribution in [0.15, 0.2) is 35.5 Å². The summed E-state index contributed by atoms with van der Waals surface area (Å²) in [7, 11) is 0. The van der Waals surface area contributed by atoms with Crippen molar-refractivity contribution in [1.82, 2.24) is 0 Å². The van der Waals surface area contributed by atoms with Gasteiger partial charge < -0.3 is 0 Å². The summed E-state index contributed by atoms with van der Waals surface area (Å²) in [6.07, 6.45) is 6.64. The molecular weight excluding hydrogens is 148 g/mol. The molecule has 12 heavy (non-hydrogen) atoms. The van der Waals surface area contributed by atoms with E-state index in [9.17, 15) is 0 Å². The normalized spacial score (nSPS) is 12.7. The lowest BCUT2D eigenvalue weighted by Gasteiger charge is -1.85. The van der Waals surface area contributed by atoms with Crippen LogP contribution in [0.2, 0.25) is 0 Å². The first-order valence-corrected chi connectivity index (χ1v) is 3.59. The molecule has 0 aromatic heterocycles. The van der Waals surface area contributed by atoms with E-state index in [4.69, 9.17) is 10.5 Å². The van der Waals surface area contributed by atoms with Gasteiger partial charge in [0.1, 0.15) is 0 Å². The van der Waals surface area contributed by atoms with Gasteiger partial charge in [0.15, 0.2) is 0 Å². The molecule has 0 aliphatic carbocycles. The lowest BCUT2D eigenvalue weighted by atomic mass is 10.2. The summed E-state index contributed by atoms with van der Waals surface area (Å²) in [5, 5.41) is 17.0. The number of hydrogen-bond acceptors (Lipinski definition) is 2. The quantitative estimate of drug-likeness (QED) is 0.458. The third-order valence-corrected chi connectivity index (χ3v) is 1.32. The van der Waals surface area contributed by atoms with E-state index in [1.54, 1.807) is 38.2 Å². The first-order chi connectivity index (χ1) is 5.78. The highest BCUT2D eigenvalue weighted by Crippen LogP contribution is 1.99. The predicted molar refractivity (Wildman–Crippen MR) is 47.9 cm³/mol. The van der Waals surface area contributed by atoms with Crippen LogP contribution in [0.25, 0.3) is 0 Å². The first kappa shape index (κ1) is 10.2. The second kappa shape index (κ2) is 5.95. The van der Waals surface area contributed by atoms with E-state index < -0.39 is 0 Å². The van der Waals surface area contributed by atoms with Crippen molar-refractivity contribution >= 4 is 0 Å². The van der Waals surface area contributed by atoms with Gasteiger partial charge in [0.2, 0.25) is 0 Å². The van der Waals surface area contributed by atoms with E-state index in [1.807, 2.05) is 12.1 Å². The van der Waals surface area contributed by atoms with Crippen LogP contribution in [0.4, 0.5) is 0 Å². The molecule has 0 rings (SSSR count). The minimum Gasteiger partial charge on any atom is -0.192 e. The molecule has 0 N–H and O–H groups in total. The highest BCUT2D eigenvalue weighted by molar-refractivity contribution is 5.40. The van der Waals surface area contributed by atoms with E-state index in [1.165, 1.54) is 0 Å². The molecule has 0 fully saturated rings. The number of nitrogens with zero attached hydrogens (tertiary/aromatic N) is 2. The molecule has 0 amide bonds. The molecule has 0 heterocycles. The fraction of sp³-hybridized carbons (Fsp3) is 0.200. The Labute approximate surface area is 72.7 Å². The summed E-state index contributed by atoms with van der Waals surface area (Å²) in [5.74, 6) is 0. The van der Waals surface area contributed by atoms with Crippen LogP contribution in [0.3, 0.4) is 0 Å². The Balaban J connectivity index is 4.48. The number of hydrogen-bond donors (Lipinski definition) is 0. The second-order valence-electron chi connectivity index (χ2n) is 2.04. The van der Waals surface area contributed by atoms with Crippen molar-refractivity contribution in [2.75, 3.05) is 0 Å². The lowest BCUT2D eigenvalue weighted by molar-refractivity contribution is 1.46. The summed E-state index contributed by atoms with van der Waals surface area (Å²) in [6, 6.07) is 3.99. The Morgan fingerprint density at radius 1 is 0.917 bits per heavy atom. The maximum Gasteiger partial charge on any atom is 0.0988 e. The SMILES string of the molecule is C\C=C(C#N)/C=C\C(C#N)=C/C. The largest absolute Gasteiger partial charge is 0.192 e. The van der Waals surface area contributed by atoms with Crippen LogP contribution in [0.1, 0.15) is 13.8 Å². The Kier molecular flexibility index (Phi) is 5.05. The van der Waals surface area contributed by atoms with Crippen LogP contribution in [0.5, 0.6) is 0 Å². The van der Waals surface area contributed by atoms with Crippen LogP contribution in [0, 0.1) is 22.7 Å². The minimum absolute atomic E-state index is 0.560. The maximum atomic E-state index is 8.51. The van der Waals surface area contributed by atoms with Crippen LogP contribution < -0.4 is 0 Å². The average molecular weight is 158 g/mol. The molecule has 0 atom stereocenters. The summed E-state index contributed by atoms with van der Waals surface area (Å²) in [4.78, 5) is 0. The molecule has 0 radical (unpaired) electrons. The molecule has 0 spiro atoms. The molecule has 2 heteroatoms. The Hall–Kier alpha value is -1.80. The van der Waals surface area contributed by atoms with Crippen LogP contribution in [-0.4, -0.2) is 0 Å². The van der Waals surface area contributed by atoms with Gasteiger partial charge >= 0.3 is 0 Å². The van der Waals surface area contributed by atoms with Crippen molar-refractivity contribution in [3.05, 3.63) is 35.5 Å². The van der Waals surface area contributed by atoms with E-state index in [-0.39, 0.29) is 0 Å². The molecule has 0 saturated heterocycles. The number of nitriles is 2. The minimum atomic E-state index is 0.560. The zero-order valence-corrected chi connectivity index (χ0v) is 7.20. The monoisotopic (exact) mass is 158 g/mol. The van der Waals surface area contributed by atoms with Crippen molar-refractivity contribution in [2.24, 2.45) is 0 Å². The topological polar surface area (TPSA) is 47.6 Å². The summed E-state index contributed by atoms with van der Waals surface area (Å²) in [6.45, 7) is 3.56. The Morgan fingerprint density at radius 3 is 1.42 bits per heavy atom. The second-order valence-corrected chi connectivity index (χ2v) is 2.04. The van der Waals surface area contributed by atoms with Crippen molar-refractivity contribution < 1.29 is 0 Å². The molecule has 0 aromatic carbocycles. The van der Waals surface area contributed by atoms with Crippen LogP contribution >= 0.6 is 0 Å². The summed E-state index contributed by atoms with van der Waals surface area (Å²) < 4.78 is 0.